The summed E-state index contributed by atoms with van der Waals surface area (Å²) in [7, 11) is 1.64. The third kappa shape index (κ3) is 3.57. The molecule has 27 heavy (non-hydrogen) atoms. The van der Waals surface area contributed by atoms with Gasteiger partial charge in [0.2, 0.25) is 0 Å². The molecule has 0 unspecified atom stereocenters. The van der Waals surface area contributed by atoms with E-state index in [0.717, 1.165) is 29.4 Å². The molecule has 1 atom stereocenters. The number of carbonyl (C=O) groups excluding carboxylic acids is 2. The van der Waals surface area contributed by atoms with Gasteiger partial charge in [0.15, 0.2) is 5.78 Å². The highest BCUT2D eigenvalue weighted by Gasteiger charge is 2.30. The minimum Gasteiger partial charge on any atom is -0.497 e. The summed E-state index contributed by atoms with van der Waals surface area (Å²) >= 11 is 1.41. The van der Waals surface area contributed by atoms with Crippen LogP contribution in [0.5, 0.6) is 5.75 Å². The molecule has 1 aliphatic rings. The zero-order valence-corrected chi connectivity index (χ0v) is 15.9. The molecule has 1 aromatic heterocycles. The van der Waals surface area contributed by atoms with Crippen LogP contribution in [0.2, 0.25) is 0 Å². The third-order valence-corrected chi connectivity index (χ3v) is 5.65. The van der Waals surface area contributed by atoms with Gasteiger partial charge in [-0.1, -0.05) is 18.2 Å². The van der Waals surface area contributed by atoms with E-state index in [4.69, 9.17) is 4.74 Å². The summed E-state index contributed by atoms with van der Waals surface area (Å²) in [5.41, 5.74) is 2.82. The number of likely N-dealkylation sites (tertiary alicyclic amines) is 1. The van der Waals surface area contributed by atoms with Crippen molar-refractivity contribution in [2.24, 2.45) is 5.92 Å². The number of fused-ring (bicyclic) bond motifs is 1. The Morgan fingerprint density at radius 1 is 1.19 bits per heavy atom. The first-order chi connectivity index (χ1) is 13.2. The van der Waals surface area contributed by atoms with Crippen molar-refractivity contribution in [2.45, 2.75) is 12.8 Å². The van der Waals surface area contributed by atoms with Crippen molar-refractivity contribution in [1.29, 1.82) is 0 Å². The number of rotatable bonds is 4. The zero-order chi connectivity index (χ0) is 18.8. The molecule has 0 saturated carbocycles. The van der Waals surface area contributed by atoms with Gasteiger partial charge >= 0.3 is 0 Å². The lowest BCUT2D eigenvalue weighted by Gasteiger charge is -2.31. The average Bonchev–Trinajstić information content (AvgIpc) is 3.27. The number of hydrogen-bond acceptors (Lipinski definition) is 5. The van der Waals surface area contributed by atoms with E-state index in [0.29, 0.717) is 24.3 Å². The number of hydrogen-bond donors (Lipinski definition) is 0. The van der Waals surface area contributed by atoms with Crippen LogP contribution in [-0.4, -0.2) is 41.8 Å². The average molecular weight is 380 g/mol. The molecule has 0 bridgehead atoms. The van der Waals surface area contributed by atoms with Crippen molar-refractivity contribution in [3.8, 4) is 5.75 Å². The number of benzene rings is 2. The molecular weight excluding hydrogens is 360 g/mol. The number of carbonyl (C=O) groups is 2. The molecule has 1 saturated heterocycles. The number of nitrogens with zero attached hydrogens (tertiary/aromatic N) is 2. The molecule has 1 amide bonds. The van der Waals surface area contributed by atoms with Crippen molar-refractivity contribution in [1.82, 2.24) is 9.88 Å². The second-order valence-corrected chi connectivity index (χ2v) is 7.47. The highest BCUT2D eigenvalue weighted by molar-refractivity contribution is 7.07. The lowest BCUT2D eigenvalue weighted by molar-refractivity contribution is 0.0633. The molecule has 0 radical (unpaired) electrons. The van der Waals surface area contributed by atoms with Gasteiger partial charge in [0.25, 0.3) is 5.91 Å². The Hall–Kier alpha value is -2.73. The number of methoxy groups -OCH3 is 1. The van der Waals surface area contributed by atoms with Crippen LogP contribution in [0.25, 0.3) is 10.8 Å². The number of ether oxygens (including phenoxy) is 1. The molecule has 0 N–H and O–H groups in total. The van der Waals surface area contributed by atoms with Crippen LogP contribution in [-0.2, 0) is 0 Å². The maximum absolute atomic E-state index is 13.0. The molecule has 4 rings (SSSR count). The first kappa shape index (κ1) is 17.7. The Morgan fingerprint density at radius 3 is 2.78 bits per heavy atom. The van der Waals surface area contributed by atoms with Gasteiger partial charge in [-0.25, -0.2) is 4.98 Å². The standard InChI is InChI=1S/C21H20N2O3S/c1-26-18-7-6-14-9-16(5-4-15(14)10-18)20(24)17-3-2-8-23(11-17)21(25)19-12-27-13-22-19/h4-7,9-10,12-13,17H,2-3,8,11H2,1H3/t17-/m0/s1. The minimum atomic E-state index is -0.169. The van der Waals surface area contributed by atoms with E-state index in [1.54, 1.807) is 22.9 Å². The van der Waals surface area contributed by atoms with E-state index >= 15 is 0 Å². The summed E-state index contributed by atoms with van der Waals surface area (Å²) in [5.74, 6) is 0.643. The van der Waals surface area contributed by atoms with E-state index in [2.05, 4.69) is 4.98 Å². The SMILES string of the molecule is COc1ccc2cc(C(=O)[C@H]3CCCN(C(=O)c4cscn4)C3)ccc2c1. The van der Waals surface area contributed by atoms with E-state index in [1.807, 2.05) is 36.4 Å². The smallest absolute Gasteiger partial charge is 0.273 e. The highest BCUT2D eigenvalue weighted by Crippen LogP contribution is 2.26. The number of Topliss-reactive ketones (excluding diaryl/α,β-unsaturated/α-hetero) is 1. The van der Waals surface area contributed by atoms with E-state index in [-0.39, 0.29) is 17.6 Å². The van der Waals surface area contributed by atoms with Gasteiger partial charge in [0.05, 0.1) is 12.6 Å². The maximum Gasteiger partial charge on any atom is 0.273 e. The second kappa shape index (κ2) is 7.48. The Morgan fingerprint density at radius 2 is 2.00 bits per heavy atom. The van der Waals surface area contributed by atoms with Gasteiger partial charge in [-0.2, -0.15) is 0 Å². The fourth-order valence-electron chi connectivity index (χ4n) is 3.60. The molecule has 6 heteroatoms. The van der Waals surface area contributed by atoms with Gasteiger partial charge in [-0.3, -0.25) is 9.59 Å². The van der Waals surface area contributed by atoms with Crippen molar-refractivity contribution >= 4 is 33.8 Å². The van der Waals surface area contributed by atoms with E-state index in [9.17, 15) is 9.59 Å². The quantitative estimate of drug-likeness (QED) is 0.641. The topological polar surface area (TPSA) is 59.5 Å². The van der Waals surface area contributed by atoms with Crippen molar-refractivity contribution in [2.75, 3.05) is 20.2 Å². The number of thiazole rings is 1. The zero-order valence-electron chi connectivity index (χ0n) is 15.1. The highest BCUT2D eigenvalue weighted by atomic mass is 32.1. The summed E-state index contributed by atoms with van der Waals surface area (Å²) in [6.45, 7) is 1.13. The van der Waals surface area contributed by atoms with Crippen LogP contribution < -0.4 is 4.74 Å². The van der Waals surface area contributed by atoms with Gasteiger partial charge in [-0.15, -0.1) is 11.3 Å². The summed E-state index contributed by atoms with van der Waals surface area (Å²) < 4.78 is 5.25. The number of ketones is 1. The lowest BCUT2D eigenvalue weighted by Crippen LogP contribution is -2.42. The normalized spacial score (nSPS) is 17.1. The number of aromatic nitrogens is 1. The molecule has 0 spiro atoms. The van der Waals surface area contributed by atoms with Crippen LogP contribution >= 0.6 is 11.3 Å². The molecule has 1 fully saturated rings. The number of amides is 1. The monoisotopic (exact) mass is 380 g/mol. The predicted octanol–water partition coefficient (Wildman–Crippen LogP) is 4.04. The summed E-state index contributed by atoms with van der Waals surface area (Å²) in [6.07, 6.45) is 1.64. The predicted molar refractivity (Wildman–Crippen MR) is 106 cm³/mol. The second-order valence-electron chi connectivity index (χ2n) is 6.76. The first-order valence-electron chi connectivity index (χ1n) is 8.95. The molecule has 138 valence electrons. The molecule has 0 aliphatic carbocycles. The lowest BCUT2D eigenvalue weighted by atomic mass is 9.89. The first-order valence-corrected chi connectivity index (χ1v) is 9.89. The van der Waals surface area contributed by atoms with Gasteiger partial charge < -0.3 is 9.64 Å². The molecule has 5 nitrogen and oxygen atoms in total. The Labute approximate surface area is 161 Å². The van der Waals surface area contributed by atoms with E-state index < -0.39 is 0 Å². The van der Waals surface area contributed by atoms with Crippen LogP contribution in [0.15, 0.2) is 47.3 Å². The fourth-order valence-corrected chi connectivity index (χ4v) is 4.12. The van der Waals surface area contributed by atoms with Crippen LogP contribution in [0.1, 0.15) is 33.7 Å². The fraction of sp³-hybridized carbons (Fsp3) is 0.286. The molecule has 2 aromatic carbocycles. The van der Waals surface area contributed by atoms with Gasteiger partial charge in [0, 0.05) is 30.0 Å². The van der Waals surface area contributed by atoms with Crippen LogP contribution in [0.4, 0.5) is 0 Å². The summed E-state index contributed by atoms with van der Waals surface area (Å²) in [6, 6.07) is 11.6. The molecular formula is C21H20N2O3S. The molecule has 1 aliphatic heterocycles. The summed E-state index contributed by atoms with van der Waals surface area (Å²) in [5, 5.41) is 3.80. The summed E-state index contributed by atoms with van der Waals surface area (Å²) in [4.78, 5) is 31.4. The van der Waals surface area contributed by atoms with Crippen molar-refractivity contribution in [3.63, 3.8) is 0 Å². The van der Waals surface area contributed by atoms with E-state index in [1.165, 1.54) is 11.3 Å². The Bertz CT molecular complexity index is 984. The third-order valence-electron chi connectivity index (χ3n) is 5.06. The Kier molecular flexibility index (Phi) is 4.90. The number of piperidine rings is 1. The van der Waals surface area contributed by atoms with Crippen LogP contribution in [0.3, 0.4) is 0 Å². The molecule has 2 heterocycles. The van der Waals surface area contributed by atoms with Crippen LogP contribution in [0, 0.1) is 5.92 Å². The van der Waals surface area contributed by atoms with Gasteiger partial charge in [-0.05, 0) is 41.8 Å². The Balaban J connectivity index is 1.53. The minimum absolute atomic E-state index is 0.0839. The largest absolute Gasteiger partial charge is 0.497 e. The van der Waals surface area contributed by atoms with Crippen molar-refractivity contribution in [3.05, 3.63) is 58.5 Å². The molecule has 3 aromatic rings. The van der Waals surface area contributed by atoms with Gasteiger partial charge in [0.1, 0.15) is 11.4 Å². The van der Waals surface area contributed by atoms with Crippen molar-refractivity contribution < 1.29 is 14.3 Å². The maximum atomic E-state index is 13.0.